The van der Waals surface area contributed by atoms with Crippen LogP contribution in [0.2, 0.25) is 0 Å². The van der Waals surface area contributed by atoms with Crippen LogP contribution in [0.15, 0.2) is 30.6 Å². The van der Waals surface area contributed by atoms with E-state index in [2.05, 4.69) is 10.4 Å². The predicted molar refractivity (Wildman–Crippen MR) is 65.0 cm³/mol. The van der Waals surface area contributed by atoms with Gasteiger partial charge in [-0.3, -0.25) is 4.68 Å². The maximum Gasteiger partial charge on any atom is 0.124 e. The van der Waals surface area contributed by atoms with E-state index in [1.807, 2.05) is 20.2 Å². The maximum absolute atomic E-state index is 9.72. The molecule has 0 saturated carbocycles. The van der Waals surface area contributed by atoms with Crippen LogP contribution in [0.4, 0.5) is 5.69 Å². The molecule has 1 heterocycles. The van der Waals surface area contributed by atoms with E-state index in [0.717, 1.165) is 5.69 Å². The fourth-order valence-electron chi connectivity index (χ4n) is 1.80. The molecule has 0 radical (unpaired) electrons. The van der Waals surface area contributed by atoms with Crippen LogP contribution in [0.25, 0.3) is 0 Å². The molecule has 1 aromatic heterocycles. The van der Waals surface area contributed by atoms with Gasteiger partial charge in [-0.25, -0.2) is 0 Å². The third-order valence-corrected chi connectivity index (χ3v) is 2.58. The molecule has 0 saturated heterocycles. The van der Waals surface area contributed by atoms with Gasteiger partial charge in [0.25, 0.3) is 0 Å². The summed E-state index contributed by atoms with van der Waals surface area (Å²) in [6.45, 7) is 1.86. The monoisotopic (exact) mass is 233 g/mol. The number of nitrogens with one attached hydrogen (secondary N) is 1. The Morgan fingerprint density at radius 1 is 1.29 bits per heavy atom. The summed E-state index contributed by atoms with van der Waals surface area (Å²) in [5, 5.41) is 26.6. The highest BCUT2D eigenvalue weighted by Gasteiger charge is 2.15. The summed E-state index contributed by atoms with van der Waals surface area (Å²) < 4.78 is 1.68. The van der Waals surface area contributed by atoms with E-state index in [0.29, 0.717) is 5.56 Å². The minimum atomic E-state index is -0.208. The molecule has 5 heteroatoms. The molecule has 2 rings (SSSR count). The molecule has 0 amide bonds. The summed E-state index contributed by atoms with van der Waals surface area (Å²) >= 11 is 0. The zero-order chi connectivity index (χ0) is 12.4. The summed E-state index contributed by atoms with van der Waals surface area (Å²) in [6, 6.07) is 4.50. The molecular formula is C12H15N3O2. The number of aromatic hydroxyl groups is 2. The molecule has 0 aliphatic heterocycles. The molecule has 1 atom stereocenters. The fourth-order valence-corrected chi connectivity index (χ4v) is 1.80. The molecule has 2 aromatic rings. The molecule has 1 aromatic carbocycles. The highest BCUT2D eigenvalue weighted by molar-refractivity contribution is 5.50. The lowest BCUT2D eigenvalue weighted by molar-refractivity contribution is 0.434. The van der Waals surface area contributed by atoms with Crippen LogP contribution in [-0.4, -0.2) is 20.0 Å². The van der Waals surface area contributed by atoms with Crippen molar-refractivity contribution in [1.29, 1.82) is 0 Å². The minimum absolute atomic E-state index is 0.0777. The van der Waals surface area contributed by atoms with Gasteiger partial charge >= 0.3 is 0 Å². The Morgan fingerprint density at radius 3 is 2.47 bits per heavy atom. The van der Waals surface area contributed by atoms with Gasteiger partial charge in [0, 0.05) is 13.2 Å². The first-order valence-electron chi connectivity index (χ1n) is 5.34. The Balaban J connectivity index is 2.22. The van der Waals surface area contributed by atoms with Crippen molar-refractivity contribution >= 4 is 5.69 Å². The minimum Gasteiger partial charge on any atom is -0.507 e. The molecule has 3 N–H and O–H groups in total. The molecule has 0 spiro atoms. The second-order valence-electron chi connectivity index (χ2n) is 3.98. The van der Waals surface area contributed by atoms with E-state index in [9.17, 15) is 10.2 Å². The summed E-state index contributed by atoms with van der Waals surface area (Å²) in [6.07, 6.45) is 3.51. The smallest absolute Gasteiger partial charge is 0.124 e. The van der Waals surface area contributed by atoms with Gasteiger partial charge in [-0.1, -0.05) is 6.07 Å². The van der Waals surface area contributed by atoms with Crippen molar-refractivity contribution < 1.29 is 10.2 Å². The number of rotatable bonds is 3. The van der Waals surface area contributed by atoms with Crippen molar-refractivity contribution in [2.75, 3.05) is 5.32 Å². The van der Waals surface area contributed by atoms with Crippen LogP contribution >= 0.6 is 0 Å². The zero-order valence-electron chi connectivity index (χ0n) is 9.75. The number of aryl methyl sites for hydroxylation is 1. The molecule has 1 unspecified atom stereocenters. The third kappa shape index (κ3) is 2.33. The summed E-state index contributed by atoms with van der Waals surface area (Å²) in [5.41, 5.74) is 1.32. The van der Waals surface area contributed by atoms with E-state index in [1.54, 1.807) is 29.1 Å². The number of phenols is 2. The normalized spacial score (nSPS) is 12.4. The largest absolute Gasteiger partial charge is 0.507 e. The Bertz CT molecular complexity index is 502. The third-order valence-electron chi connectivity index (χ3n) is 2.58. The maximum atomic E-state index is 9.72. The van der Waals surface area contributed by atoms with Crippen LogP contribution in [-0.2, 0) is 7.05 Å². The average Bonchev–Trinajstić information content (AvgIpc) is 2.63. The zero-order valence-corrected chi connectivity index (χ0v) is 9.75. The predicted octanol–water partition coefficient (Wildman–Crippen LogP) is 2.00. The van der Waals surface area contributed by atoms with Gasteiger partial charge in [0.1, 0.15) is 11.5 Å². The Kier molecular flexibility index (Phi) is 2.91. The lowest BCUT2D eigenvalue weighted by Gasteiger charge is -2.16. The first-order valence-corrected chi connectivity index (χ1v) is 5.34. The van der Waals surface area contributed by atoms with Gasteiger partial charge in [0.15, 0.2) is 0 Å². The molecule has 0 bridgehead atoms. The van der Waals surface area contributed by atoms with Crippen LogP contribution in [0, 0.1) is 0 Å². The lowest BCUT2D eigenvalue weighted by atomic mass is 10.1. The molecule has 0 fully saturated rings. The summed E-state index contributed by atoms with van der Waals surface area (Å²) in [7, 11) is 1.83. The lowest BCUT2D eigenvalue weighted by Crippen LogP contribution is -2.06. The van der Waals surface area contributed by atoms with E-state index >= 15 is 0 Å². The van der Waals surface area contributed by atoms with Gasteiger partial charge < -0.3 is 15.5 Å². The number of hydrogen-bond donors (Lipinski definition) is 3. The second kappa shape index (κ2) is 4.37. The average molecular weight is 233 g/mol. The Morgan fingerprint density at radius 2 is 1.94 bits per heavy atom. The first-order chi connectivity index (χ1) is 8.08. The van der Waals surface area contributed by atoms with Crippen LogP contribution < -0.4 is 5.32 Å². The summed E-state index contributed by atoms with van der Waals surface area (Å²) in [5.74, 6) is 0.155. The van der Waals surface area contributed by atoms with E-state index in [4.69, 9.17) is 0 Å². The van der Waals surface area contributed by atoms with Gasteiger partial charge in [-0.05, 0) is 19.1 Å². The highest BCUT2D eigenvalue weighted by atomic mass is 16.3. The fraction of sp³-hybridized carbons (Fsp3) is 0.250. The van der Waals surface area contributed by atoms with Crippen molar-refractivity contribution in [2.45, 2.75) is 13.0 Å². The van der Waals surface area contributed by atoms with Crippen LogP contribution in [0.1, 0.15) is 18.5 Å². The quantitative estimate of drug-likeness (QED) is 0.758. The summed E-state index contributed by atoms with van der Waals surface area (Å²) in [4.78, 5) is 0. The highest BCUT2D eigenvalue weighted by Crippen LogP contribution is 2.33. The number of anilines is 1. The number of nitrogens with zero attached hydrogens (tertiary/aromatic N) is 2. The second-order valence-corrected chi connectivity index (χ2v) is 3.98. The molecule has 0 aliphatic rings. The standard InChI is InChI=1S/C12H15N3O2/c1-8(14-9-6-13-15(2)7-9)12-10(16)4-3-5-11(12)17/h3-8,14,16-17H,1-2H3. The van der Waals surface area contributed by atoms with Crippen molar-refractivity contribution in [1.82, 2.24) is 9.78 Å². The van der Waals surface area contributed by atoms with Crippen LogP contribution in [0.5, 0.6) is 11.5 Å². The molecule has 90 valence electrons. The number of aromatic nitrogens is 2. The van der Waals surface area contributed by atoms with E-state index < -0.39 is 0 Å². The van der Waals surface area contributed by atoms with E-state index in [1.165, 1.54) is 0 Å². The molecule has 17 heavy (non-hydrogen) atoms. The number of hydrogen-bond acceptors (Lipinski definition) is 4. The van der Waals surface area contributed by atoms with Crippen molar-refractivity contribution in [3.8, 4) is 11.5 Å². The van der Waals surface area contributed by atoms with Gasteiger partial charge in [0.2, 0.25) is 0 Å². The molecule has 5 nitrogen and oxygen atoms in total. The van der Waals surface area contributed by atoms with Crippen molar-refractivity contribution in [3.05, 3.63) is 36.2 Å². The molecular weight excluding hydrogens is 218 g/mol. The topological polar surface area (TPSA) is 70.3 Å². The SMILES string of the molecule is CC(Nc1cnn(C)c1)c1c(O)cccc1O. The number of phenolic OH excluding ortho intramolecular Hbond substituents is 2. The van der Waals surface area contributed by atoms with Crippen molar-refractivity contribution in [3.63, 3.8) is 0 Å². The molecule has 0 aliphatic carbocycles. The van der Waals surface area contributed by atoms with Gasteiger partial charge in [0.05, 0.1) is 23.5 Å². The first kappa shape index (κ1) is 11.3. The van der Waals surface area contributed by atoms with E-state index in [-0.39, 0.29) is 17.5 Å². The Hall–Kier alpha value is -2.17. The number of benzene rings is 1. The van der Waals surface area contributed by atoms with Crippen molar-refractivity contribution in [2.24, 2.45) is 7.05 Å². The van der Waals surface area contributed by atoms with Crippen LogP contribution in [0.3, 0.4) is 0 Å². The van der Waals surface area contributed by atoms with Gasteiger partial charge in [-0.2, -0.15) is 5.10 Å². The van der Waals surface area contributed by atoms with Gasteiger partial charge in [-0.15, -0.1) is 0 Å². The Labute approximate surface area is 99.3 Å².